The molecule has 84 valence electrons. The Bertz CT molecular complexity index is 423. The van der Waals surface area contributed by atoms with Gasteiger partial charge in [-0.3, -0.25) is 4.79 Å². The first-order valence-corrected chi connectivity index (χ1v) is 5.04. The van der Waals surface area contributed by atoms with Gasteiger partial charge in [0.25, 0.3) is 0 Å². The van der Waals surface area contributed by atoms with Crippen molar-refractivity contribution in [1.29, 1.82) is 5.26 Å². The van der Waals surface area contributed by atoms with Gasteiger partial charge in [0.1, 0.15) is 6.04 Å². The number of nitrogens with one attached hydrogen (secondary N) is 1. The van der Waals surface area contributed by atoms with Crippen LogP contribution in [0.25, 0.3) is 0 Å². The highest BCUT2D eigenvalue weighted by Gasteiger charge is 2.16. The molecule has 0 aliphatic rings. The maximum Gasteiger partial charge on any atom is 0.242 e. The first kappa shape index (κ1) is 12.1. The zero-order valence-electron chi connectivity index (χ0n) is 9.69. The molecule has 1 N–H and O–H groups in total. The van der Waals surface area contributed by atoms with Crippen LogP contribution >= 0.6 is 0 Å². The number of benzene rings is 1. The number of hydrogen-bond acceptors (Lipinski definition) is 3. The van der Waals surface area contributed by atoms with Crippen molar-refractivity contribution in [1.82, 2.24) is 5.32 Å². The summed E-state index contributed by atoms with van der Waals surface area (Å²) in [5.74, 6) is -0.0511. The Kier molecular flexibility index (Phi) is 3.90. The molecule has 1 atom stereocenters. The molecule has 0 saturated heterocycles. The van der Waals surface area contributed by atoms with Gasteiger partial charge in [0, 0.05) is 19.8 Å². The topological polar surface area (TPSA) is 56.1 Å². The van der Waals surface area contributed by atoms with Crippen molar-refractivity contribution in [2.24, 2.45) is 0 Å². The normalized spacial score (nSPS) is 11.4. The highest BCUT2D eigenvalue weighted by atomic mass is 16.2. The van der Waals surface area contributed by atoms with Gasteiger partial charge in [-0.25, -0.2) is 0 Å². The van der Waals surface area contributed by atoms with E-state index in [0.717, 1.165) is 5.69 Å². The monoisotopic (exact) mass is 217 g/mol. The van der Waals surface area contributed by atoms with Crippen LogP contribution in [0.3, 0.4) is 0 Å². The largest absolute Gasteiger partial charge is 0.363 e. The number of rotatable bonds is 3. The van der Waals surface area contributed by atoms with Gasteiger partial charge in [-0.2, -0.15) is 5.26 Å². The average Bonchev–Trinajstić information content (AvgIpc) is 2.36. The van der Waals surface area contributed by atoms with Crippen molar-refractivity contribution >= 4 is 11.6 Å². The van der Waals surface area contributed by atoms with E-state index < -0.39 is 0 Å². The molecule has 0 fully saturated rings. The van der Waals surface area contributed by atoms with E-state index in [9.17, 15) is 4.79 Å². The van der Waals surface area contributed by atoms with Crippen LogP contribution in [0, 0.1) is 11.3 Å². The second-order valence-corrected chi connectivity index (χ2v) is 3.56. The summed E-state index contributed by atoms with van der Waals surface area (Å²) in [6.45, 7) is 1.82. The maximum absolute atomic E-state index is 11.5. The van der Waals surface area contributed by atoms with E-state index in [2.05, 4.69) is 11.4 Å². The number of nitriles is 1. The van der Waals surface area contributed by atoms with Crippen molar-refractivity contribution in [3.8, 4) is 6.07 Å². The predicted molar refractivity (Wildman–Crippen MR) is 63.1 cm³/mol. The van der Waals surface area contributed by atoms with E-state index in [1.807, 2.05) is 24.9 Å². The van der Waals surface area contributed by atoms with Crippen molar-refractivity contribution in [3.63, 3.8) is 0 Å². The molecule has 0 spiro atoms. The Morgan fingerprint density at radius 3 is 2.81 bits per heavy atom. The number of nitrogens with zero attached hydrogens (tertiary/aromatic N) is 2. The average molecular weight is 217 g/mol. The van der Waals surface area contributed by atoms with E-state index >= 15 is 0 Å². The lowest BCUT2D eigenvalue weighted by atomic mass is 10.2. The van der Waals surface area contributed by atoms with E-state index in [0.29, 0.717) is 5.56 Å². The fourth-order valence-corrected chi connectivity index (χ4v) is 1.40. The van der Waals surface area contributed by atoms with E-state index in [1.54, 1.807) is 25.2 Å². The van der Waals surface area contributed by atoms with E-state index in [1.165, 1.54) is 0 Å². The summed E-state index contributed by atoms with van der Waals surface area (Å²) in [5, 5.41) is 11.4. The number of likely N-dealkylation sites (N-methyl/N-ethyl adjacent to an activating group) is 2. The number of carbonyl (C=O) groups is 1. The second-order valence-electron chi connectivity index (χ2n) is 3.56. The first-order chi connectivity index (χ1) is 7.60. The molecule has 1 aromatic rings. The van der Waals surface area contributed by atoms with Crippen LogP contribution in [-0.4, -0.2) is 26.0 Å². The molecule has 4 nitrogen and oxygen atoms in total. The molecule has 0 aliphatic heterocycles. The third-order valence-corrected chi connectivity index (χ3v) is 2.59. The minimum Gasteiger partial charge on any atom is -0.363 e. The molecule has 0 heterocycles. The number of carbonyl (C=O) groups excluding carboxylic acids is 1. The van der Waals surface area contributed by atoms with Crippen LogP contribution in [0.5, 0.6) is 0 Å². The van der Waals surface area contributed by atoms with Gasteiger partial charge in [0.05, 0.1) is 11.6 Å². The number of anilines is 1. The van der Waals surface area contributed by atoms with Gasteiger partial charge in [-0.05, 0) is 25.1 Å². The molecule has 1 aromatic carbocycles. The van der Waals surface area contributed by atoms with Gasteiger partial charge < -0.3 is 10.2 Å². The maximum atomic E-state index is 11.5. The highest BCUT2D eigenvalue weighted by Crippen LogP contribution is 2.16. The van der Waals surface area contributed by atoms with Crippen LogP contribution in [0.15, 0.2) is 24.3 Å². The summed E-state index contributed by atoms with van der Waals surface area (Å²) in [7, 11) is 3.44. The van der Waals surface area contributed by atoms with Gasteiger partial charge in [-0.15, -0.1) is 0 Å². The minimum absolute atomic E-state index is 0.0511. The smallest absolute Gasteiger partial charge is 0.242 e. The summed E-state index contributed by atoms with van der Waals surface area (Å²) in [6, 6.07) is 9.00. The van der Waals surface area contributed by atoms with Crippen LogP contribution in [0.4, 0.5) is 5.69 Å². The fourth-order valence-electron chi connectivity index (χ4n) is 1.40. The second kappa shape index (κ2) is 5.17. The van der Waals surface area contributed by atoms with Gasteiger partial charge in [-0.1, -0.05) is 6.07 Å². The third-order valence-electron chi connectivity index (χ3n) is 2.59. The zero-order valence-corrected chi connectivity index (χ0v) is 9.69. The van der Waals surface area contributed by atoms with Gasteiger partial charge in [0.15, 0.2) is 0 Å². The summed E-state index contributed by atoms with van der Waals surface area (Å²) < 4.78 is 0. The molecule has 16 heavy (non-hydrogen) atoms. The lowest BCUT2D eigenvalue weighted by molar-refractivity contribution is -0.121. The molecule has 0 bridgehead atoms. The lowest BCUT2D eigenvalue weighted by Crippen LogP contribution is -2.41. The fraction of sp³-hybridized carbons (Fsp3) is 0.333. The Balaban J connectivity index is 2.92. The van der Waals surface area contributed by atoms with Crippen LogP contribution < -0.4 is 10.2 Å². The van der Waals surface area contributed by atoms with Crippen LogP contribution in [0.1, 0.15) is 12.5 Å². The van der Waals surface area contributed by atoms with Crippen molar-refractivity contribution in [2.75, 3.05) is 19.0 Å². The van der Waals surface area contributed by atoms with E-state index in [-0.39, 0.29) is 11.9 Å². The Labute approximate surface area is 95.5 Å². The molecule has 0 radical (unpaired) electrons. The van der Waals surface area contributed by atoms with Crippen molar-refractivity contribution in [2.45, 2.75) is 13.0 Å². The Hall–Kier alpha value is -2.02. The molecule has 1 unspecified atom stereocenters. The van der Waals surface area contributed by atoms with Gasteiger partial charge in [0.2, 0.25) is 5.91 Å². The van der Waals surface area contributed by atoms with Crippen molar-refractivity contribution < 1.29 is 4.79 Å². The SMILES string of the molecule is CNC(=O)C(C)N(C)c1cccc(C#N)c1. The predicted octanol–water partition coefficient (Wildman–Crippen LogP) is 1.13. The Morgan fingerprint density at radius 1 is 1.56 bits per heavy atom. The number of hydrogen-bond donors (Lipinski definition) is 1. The molecule has 0 saturated carbocycles. The quantitative estimate of drug-likeness (QED) is 0.825. The zero-order chi connectivity index (χ0) is 12.1. The highest BCUT2D eigenvalue weighted by molar-refractivity contribution is 5.84. The summed E-state index contributed by atoms with van der Waals surface area (Å²) in [6.07, 6.45) is 0. The van der Waals surface area contributed by atoms with Crippen LogP contribution in [0.2, 0.25) is 0 Å². The standard InChI is InChI=1S/C12H15N3O/c1-9(12(16)14-2)15(3)11-6-4-5-10(7-11)8-13/h4-7,9H,1-3H3,(H,14,16). The first-order valence-electron chi connectivity index (χ1n) is 5.04. The Morgan fingerprint density at radius 2 is 2.25 bits per heavy atom. The van der Waals surface area contributed by atoms with E-state index in [4.69, 9.17) is 5.26 Å². The van der Waals surface area contributed by atoms with Crippen molar-refractivity contribution in [3.05, 3.63) is 29.8 Å². The molecular weight excluding hydrogens is 202 g/mol. The molecule has 0 aliphatic carbocycles. The molecular formula is C12H15N3O. The lowest BCUT2D eigenvalue weighted by Gasteiger charge is -2.25. The summed E-state index contributed by atoms with van der Waals surface area (Å²) in [5.41, 5.74) is 1.45. The van der Waals surface area contributed by atoms with Crippen LogP contribution in [-0.2, 0) is 4.79 Å². The summed E-state index contributed by atoms with van der Waals surface area (Å²) in [4.78, 5) is 13.3. The van der Waals surface area contributed by atoms with Gasteiger partial charge >= 0.3 is 0 Å². The molecule has 1 amide bonds. The molecule has 4 heteroatoms. The number of amides is 1. The minimum atomic E-state index is -0.265. The third kappa shape index (κ3) is 2.51. The molecule has 0 aromatic heterocycles. The molecule has 1 rings (SSSR count). The summed E-state index contributed by atoms with van der Waals surface area (Å²) >= 11 is 0.